The van der Waals surface area contributed by atoms with Gasteiger partial charge in [-0.3, -0.25) is 4.79 Å². The third-order valence-corrected chi connectivity index (χ3v) is 8.51. The number of nitrogens with zero attached hydrogens (tertiary/aromatic N) is 3. The molecule has 1 amide bonds. The van der Waals surface area contributed by atoms with Crippen LogP contribution in [0, 0.1) is 12.8 Å². The van der Waals surface area contributed by atoms with Crippen LogP contribution in [0.15, 0.2) is 47.4 Å². The first kappa shape index (κ1) is 25.4. The van der Waals surface area contributed by atoms with E-state index in [0.717, 1.165) is 26.7 Å². The van der Waals surface area contributed by atoms with Gasteiger partial charge in [0.2, 0.25) is 15.9 Å². The summed E-state index contributed by atoms with van der Waals surface area (Å²) < 4.78 is 35.2. The number of methoxy groups -OCH3 is 1. The summed E-state index contributed by atoms with van der Waals surface area (Å²) in [4.78, 5) is 22.0. The minimum Gasteiger partial charge on any atom is -0.497 e. The van der Waals surface area contributed by atoms with E-state index in [1.54, 1.807) is 30.2 Å². The largest absolute Gasteiger partial charge is 0.497 e. The molecule has 0 radical (unpaired) electrons. The highest BCUT2D eigenvalue weighted by atomic mass is 32.2. The second kappa shape index (κ2) is 10.5. The molecule has 1 aliphatic heterocycles. The summed E-state index contributed by atoms with van der Waals surface area (Å²) in [6.45, 7) is 8.30. The Bertz CT molecular complexity index is 1280. The van der Waals surface area contributed by atoms with Gasteiger partial charge in [-0.1, -0.05) is 13.8 Å². The summed E-state index contributed by atoms with van der Waals surface area (Å²) in [6.07, 6.45) is 0.429. The first-order valence-corrected chi connectivity index (χ1v) is 14.0. The number of thiazole rings is 1. The Balaban J connectivity index is 1.46. The minimum absolute atomic E-state index is 0.152. The van der Waals surface area contributed by atoms with Crippen LogP contribution < -0.4 is 14.4 Å². The number of amides is 1. The molecule has 0 spiro atoms. The molecule has 8 nitrogen and oxygen atoms in total. The van der Waals surface area contributed by atoms with E-state index in [1.165, 1.54) is 11.3 Å². The van der Waals surface area contributed by atoms with Crippen LogP contribution in [0.1, 0.15) is 25.3 Å². The molecule has 10 heteroatoms. The van der Waals surface area contributed by atoms with Gasteiger partial charge in [0, 0.05) is 31.9 Å². The maximum atomic E-state index is 13.4. The van der Waals surface area contributed by atoms with Crippen LogP contribution in [0.2, 0.25) is 0 Å². The lowest BCUT2D eigenvalue weighted by molar-refractivity contribution is -0.133. The average molecular weight is 517 g/mol. The molecule has 0 aliphatic carbocycles. The Hall–Kier alpha value is -2.69. The second-order valence-electron chi connectivity index (χ2n) is 9.18. The number of nitrogens with one attached hydrogen (secondary N) is 1. The number of carbonyl (C=O) groups excluding carboxylic acids is 1. The third-order valence-electron chi connectivity index (χ3n) is 6.11. The molecule has 2 heterocycles. The minimum atomic E-state index is -3.87. The number of rotatable bonds is 8. The molecule has 1 aromatic heterocycles. The third kappa shape index (κ3) is 5.94. The molecule has 1 aliphatic rings. The van der Waals surface area contributed by atoms with Gasteiger partial charge < -0.3 is 14.5 Å². The maximum absolute atomic E-state index is 13.4. The number of benzene rings is 2. The maximum Gasteiger partial charge on any atom is 0.241 e. The fraction of sp³-hybridized carbons (Fsp3) is 0.440. The number of anilines is 1. The first-order chi connectivity index (χ1) is 16.7. The highest BCUT2D eigenvalue weighted by Crippen LogP contribution is 2.25. The van der Waals surface area contributed by atoms with Crippen LogP contribution in [0.5, 0.6) is 5.75 Å². The van der Waals surface area contributed by atoms with Crippen molar-refractivity contribution in [2.45, 2.75) is 38.1 Å². The monoisotopic (exact) mass is 516 g/mol. The van der Waals surface area contributed by atoms with E-state index in [-0.39, 0.29) is 16.7 Å². The Morgan fingerprint density at radius 2 is 1.80 bits per heavy atom. The summed E-state index contributed by atoms with van der Waals surface area (Å²) in [5.74, 6) is 0.779. The second-order valence-corrected chi connectivity index (χ2v) is 12.1. The molecule has 1 fully saturated rings. The number of sulfonamides is 1. The smallest absolute Gasteiger partial charge is 0.241 e. The van der Waals surface area contributed by atoms with E-state index >= 15 is 0 Å². The first-order valence-electron chi connectivity index (χ1n) is 11.7. The molecule has 4 rings (SSSR count). The molecule has 1 saturated heterocycles. The zero-order valence-electron chi connectivity index (χ0n) is 20.5. The van der Waals surface area contributed by atoms with E-state index in [9.17, 15) is 13.2 Å². The molecule has 1 N–H and O–H groups in total. The fourth-order valence-corrected chi connectivity index (χ4v) is 6.48. The van der Waals surface area contributed by atoms with Crippen molar-refractivity contribution in [1.29, 1.82) is 0 Å². The summed E-state index contributed by atoms with van der Waals surface area (Å²) in [6, 6.07) is 11.9. The van der Waals surface area contributed by atoms with E-state index < -0.39 is 16.1 Å². The number of hydrogen-bond donors (Lipinski definition) is 1. The lowest BCUT2D eigenvalue weighted by Crippen LogP contribution is -2.55. The van der Waals surface area contributed by atoms with Crippen molar-refractivity contribution >= 4 is 43.2 Å². The Labute approximate surface area is 211 Å². The quantitative estimate of drug-likeness (QED) is 0.491. The molecule has 0 bridgehead atoms. The van der Waals surface area contributed by atoms with Gasteiger partial charge in [-0.25, -0.2) is 13.4 Å². The Kier molecular flexibility index (Phi) is 7.63. The van der Waals surface area contributed by atoms with Gasteiger partial charge in [-0.15, -0.1) is 11.3 Å². The van der Waals surface area contributed by atoms with Crippen molar-refractivity contribution in [1.82, 2.24) is 14.6 Å². The predicted octanol–water partition coefficient (Wildman–Crippen LogP) is 3.66. The molecule has 35 heavy (non-hydrogen) atoms. The lowest BCUT2D eigenvalue weighted by atomic mass is 10.0. The van der Waals surface area contributed by atoms with Gasteiger partial charge in [-0.05, 0) is 61.7 Å². The van der Waals surface area contributed by atoms with Crippen LogP contribution >= 0.6 is 11.3 Å². The summed E-state index contributed by atoms with van der Waals surface area (Å²) in [7, 11) is -2.23. The van der Waals surface area contributed by atoms with E-state index in [2.05, 4.69) is 14.6 Å². The van der Waals surface area contributed by atoms with Crippen LogP contribution in [-0.4, -0.2) is 63.5 Å². The molecule has 2 aromatic carbocycles. The molecule has 0 unspecified atom stereocenters. The van der Waals surface area contributed by atoms with Gasteiger partial charge in [0.05, 0.1) is 27.2 Å². The highest BCUT2D eigenvalue weighted by molar-refractivity contribution is 7.89. The summed E-state index contributed by atoms with van der Waals surface area (Å²) >= 11 is 1.45. The number of piperazine rings is 1. The van der Waals surface area contributed by atoms with Gasteiger partial charge in [0.25, 0.3) is 0 Å². The molecule has 0 saturated carbocycles. The molecular weight excluding hydrogens is 484 g/mol. The number of aromatic nitrogens is 1. The predicted molar refractivity (Wildman–Crippen MR) is 140 cm³/mol. The molecule has 188 valence electrons. The summed E-state index contributed by atoms with van der Waals surface area (Å²) in [5, 5.41) is 0.879. The fourth-order valence-electron chi connectivity index (χ4n) is 4.31. The zero-order valence-corrected chi connectivity index (χ0v) is 22.2. The number of carbonyl (C=O) groups is 1. The van der Waals surface area contributed by atoms with Crippen molar-refractivity contribution in [3.05, 3.63) is 47.5 Å². The van der Waals surface area contributed by atoms with Gasteiger partial charge >= 0.3 is 0 Å². The highest BCUT2D eigenvalue weighted by Gasteiger charge is 2.32. The Morgan fingerprint density at radius 1 is 1.11 bits per heavy atom. The van der Waals surface area contributed by atoms with Crippen molar-refractivity contribution in [3.63, 3.8) is 0 Å². The van der Waals surface area contributed by atoms with Crippen molar-refractivity contribution in [2.24, 2.45) is 5.92 Å². The van der Waals surface area contributed by atoms with Gasteiger partial charge in [0.1, 0.15) is 11.8 Å². The van der Waals surface area contributed by atoms with Crippen LogP contribution in [-0.2, 0) is 14.8 Å². The topological polar surface area (TPSA) is 91.8 Å². The van der Waals surface area contributed by atoms with Crippen molar-refractivity contribution in [3.8, 4) is 5.75 Å². The summed E-state index contributed by atoms with van der Waals surface area (Å²) in [5.41, 5.74) is 1.85. The molecule has 1 atom stereocenters. The van der Waals surface area contributed by atoms with Crippen LogP contribution in [0.25, 0.3) is 10.2 Å². The zero-order chi connectivity index (χ0) is 25.2. The number of hydrogen-bond acceptors (Lipinski definition) is 7. The van der Waals surface area contributed by atoms with E-state index in [4.69, 9.17) is 4.74 Å². The van der Waals surface area contributed by atoms with Gasteiger partial charge in [0.15, 0.2) is 0 Å². The number of ether oxygens (including phenoxy) is 1. The Morgan fingerprint density at radius 3 is 2.43 bits per heavy atom. The van der Waals surface area contributed by atoms with Crippen LogP contribution in [0.3, 0.4) is 0 Å². The van der Waals surface area contributed by atoms with E-state index in [1.807, 2.05) is 45.0 Å². The molecule has 3 aromatic rings. The van der Waals surface area contributed by atoms with E-state index in [0.29, 0.717) is 32.6 Å². The standard InChI is InChI=1S/C25H32N4O4S2/c1-17(2)15-23(27-35(31,32)21-9-10-22-24(16-21)34-18(3)26-22)25(30)29-13-11-28(12-14-29)19-5-7-20(33-4)8-6-19/h5-10,16-17,23,27H,11-15H2,1-4H3/t23-/m0/s1. The number of aryl methyl sites for hydroxylation is 1. The van der Waals surface area contributed by atoms with Crippen molar-refractivity contribution < 1.29 is 17.9 Å². The normalized spacial score (nSPS) is 15.6. The lowest BCUT2D eigenvalue weighted by Gasteiger charge is -2.38. The molecular formula is C25H32N4O4S2. The van der Waals surface area contributed by atoms with Gasteiger partial charge in [-0.2, -0.15) is 4.72 Å². The van der Waals surface area contributed by atoms with Crippen LogP contribution in [0.4, 0.5) is 5.69 Å². The SMILES string of the molecule is COc1ccc(N2CCN(C(=O)[C@H](CC(C)C)NS(=O)(=O)c3ccc4nc(C)sc4c3)CC2)cc1. The number of fused-ring (bicyclic) bond motifs is 1. The average Bonchev–Trinajstić information content (AvgIpc) is 3.22. The van der Waals surface area contributed by atoms with Crippen molar-refractivity contribution in [2.75, 3.05) is 38.2 Å².